The Morgan fingerprint density at radius 2 is 0.970 bits per heavy atom. The van der Waals surface area contributed by atoms with Gasteiger partial charge in [-0.2, -0.15) is 0 Å². The first kappa shape index (κ1) is 23.1. The molecular formula is C30H33N2P. The molecule has 4 aromatic carbocycles. The second-order valence-corrected chi connectivity index (χ2v) is 11.8. The van der Waals surface area contributed by atoms with Gasteiger partial charge in [-0.25, -0.2) is 4.74 Å². The summed E-state index contributed by atoms with van der Waals surface area (Å²) in [6.07, 6.45) is 0. The van der Waals surface area contributed by atoms with Gasteiger partial charge < -0.3 is 5.09 Å². The van der Waals surface area contributed by atoms with Crippen molar-refractivity contribution in [1.82, 2.24) is 0 Å². The predicted molar refractivity (Wildman–Crippen MR) is 146 cm³/mol. The maximum atomic E-state index is 5.48. The molecule has 0 aliphatic heterocycles. The molecule has 0 atom stereocenters. The molecule has 4 rings (SSSR count). The fourth-order valence-corrected chi connectivity index (χ4v) is 6.98. The van der Waals surface area contributed by atoms with Crippen molar-refractivity contribution in [3.63, 3.8) is 0 Å². The quantitative estimate of drug-likeness (QED) is 0.280. The molecule has 2 nitrogen and oxygen atoms in total. The molecule has 0 saturated heterocycles. The second kappa shape index (κ2) is 10.2. The van der Waals surface area contributed by atoms with E-state index in [1.165, 1.54) is 21.7 Å². The third-order valence-electron chi connectivity index (χ3n) is 5.95. The molecule has 0 spiro atoms. The van der Waals surface area contributed by atoms with E-state index < -0.39 is 7.21 Å². The fraction of sp³-hybridized carbons (Fsp3) is 0.200. The zero-order valence-corrected chi connectivity index (χ0v) is 20.8. The summed E-state index contributed by atoms with van der Waals surface area (Å²) < 4.78 is 5.48. The Bertz CT molecular complexity index is 1170. The van der Waals surface area contributed by atoms with Gasteiger partial charge in [-0.1, -0.05) is 113 Å². The van der Waals surface area contributed by atoms with Gasteiger partial charge in [-0.15, -0.1) is 0 Å². The molecule has 0 heterocycles. The molecule has 168 valence electrons. The lowest BCUT2D eigenvalue weighted by atomic mass is 10.0. The van der Waals surface area contributed by atoms with E-state index in [4.69, 9.17) is 4.74 Å². The van der Waals surface area contributed by atoms with Crippen LogP contribution in [0.1, 0.15) is 50.7 Å². The molecule has 0 aliphatic carbocycles. The van der Waals surface area contributed by atoms with Gasteiger partial charge in [0.05, 0.1) is 5.69 Å². The molecule has 0 unspecified atom stereocenters. The van der Waals surface area contributed by atoms with Crippen molar-refractivity contribution in [2.75, 3.05) is 5.09 Å². The smallest absolute Gasteiger partial charge is 0.115 e. The molecule has 0 bridgehead atoms. The maximum Gasteiger partial charge on any atom is 0.115 e. The number of benzene rings is 4. The van der Waals surface area contributed by atoms with E-state index in [2.05, 4.69) is 142 Å². The molecule has 0 radical (unpaired) electrons. The van der Waals surface area contributed by atoms with Crippen molar-refractivity contribution in [2.24, 2.45) is 4.74 Å². The van der Waals surface area contributed by atoms with Gasteiger partial charge in [0.1, 0.15) is 7.21 Å². The Kier molecular flexibility index (Phi) is 7.16. The zero-order valence-electron chi connectivity index (χ0n) is 19.9. The summed E-state index contributed by atoms with van der Waals surface area (Å²) in [5, 5.41) is 6.33. The van der Waals surface area contributed by atoms with Crippen molar-refractivity contribution in [1.29, 1.82) is 0 Å². The van der Waals surface area contributed by atoms with Gasteiger partial charge in [0, 0.05) is 16.3 Å². The van der Waals surface area contributed by atoms with E-state index in [1.54, 1.807) is 0 Å². The van der Waals surface area contributed by atoms with Crippen LogP contribution in [0, 0.1) is 0 Å². The molecule has 3 heteroatoms. The topological polar surface area (TPSA) is 24.4 Å². The van der Waals surface area contributed by atoms with E-state index in [1.807, 2.05) is 0 Å². The van der Waals surface area contributed by atoms with Crippen molar-refractivity contribution in [3.05, 3.63) is 120 Å². The molecular weight excluding hydrogens is 419 g/mol. The summed E-state index contributed by atoms with van der Waals surface area (Å²) in [6.45, 7) is 8.90. The lowest BCUT2D eigenvalue weighted by Gasteiger charge is -2.28. The van der Waals surface area contributed by atoms with E-state index in [-0.39, 0.29) is 0 Å². The normalized spacial score (nSPS) is 11.6. The highest BCUT2D eigenvalue weighted by Gasteiger charge is 2.25. The first-order chi connectivity index (χ1) is 16.0. The van der Waals surface area contributed by atoms with Crippen LogP contribution in [0.4, 0.5) is 11.4 Å². The molecule has 1 N–H and O–H groups in total. The summed E-state index contributed by atoms with van der Waals surface area (Å²) in [5.41, 5.74) is 4.74. The number of nitrogens with one attached hydrogen (secondary N) is 1. The minimum Gasteiger partial charge on any atom is -0.345 e. The predicted octanol–water partition coefficient (Wildman–Crippen LogP) is 8.44. The summed E-state index contributed by atoms with van der Waals surface area (Å²) in [7, 11) is -2.35. The van der Waals surface area contributed by atoms with Crippen LogP contribution in [0.25, 0.3) is 0 Å². The fourth-order valence-electron chi connectivity index (χ4n) is 3.93. The molecule has 0 fully saturated rings. The molecule has 4 aromatic rings. The largest absolute Gasteiger partial charge is 0.345 e. The molecule has 0 aromatic heterocycles. The van der Waals surface area contributed by atoms with E-state index in [0.29, 0.717) is 11.8 Å². The molecule has 0 amide bonds. The van der Waals surface area contributed by atoms with E-state index in [9.17, 15) is 0 Å². The van der Waals surface area contributed by atoms with Gasteiger partial charge in [0.2, 0.25) is 0 Å². The van der Waals surface area contributed by atoms with Crippen molar-refractivity contribution >= 4 is 29.2 Å². The first-order valence-corrected chi connectivity index (χ1v) is 13.4. The maximum absolute atomic E-state index is 5.48. The van der Waals surface area contributed by atoms with Crippen molar-refractivity contribution < 1.29 is 0 Å². The SMILES string of the molecule is CC(C)c1ccc(N=P(Nc2ccc(C(C)C)cc2)(c2ccccc2)c2ccccc2)cc1. The Morgan fingerprint density at radius 3 is 1.39 bits per heavy atom. The zero-order chi connectivity index (χ0) is 23.3. The summed E-state index contributed by atoms with van der Waals surface area (Å²) in [4.78, 5) is 0. The molecule has 33 heavy (non-hydrogen) atoms. The number of anilines is 1. The molecule has 0 saturated carbocycles. The first-order valence-electron chi connectivity index (χ1n) is 11.7. The Balaban J connectivity index is 1.92. The second-order valence-electron chi connectivity index (χ2n) is 9.04. The van der Waals surface area contributed by atoms with Crippen molar-refractivity contribution in [2.45, 2.75) is 39.5 Å². The van der Waals surface area contributed by atoms with Crippen LogP contribution < -0.4 is 15.7 Å². The summed E-state index contributed by atoms with van der Waals surface area (Å²) in [6, 6.07) is 38.9. The summed E-state index contributed by atoms with van der Waals surface area (Å²) in [5.74, 6) is 1.01. The monoisotopic (exact) mass is 452 g/mol. The van der Waals surface area contributed by atoms with E-state index >= 15 is 0 Å². The van der Waals surface area contributed by atoms with Gasteiger partial charge in [-0.05, 0) is 47.2 Å². The highest BCUT2D eigenvalue weighted by molar-refractivity contribution is 7.82. The van der Waals surface area contributed by atoms with Crippen LogP contribution in [-0.2, 0) is 0 Å². The molecule has 0 aliphatic rings. The van der Waals surface area contributed by atoms with Crippen LogP contribution in [0.2, 0.25) is 0 Å². The number of nitrogens with zero attached hydrogens (tertiary/aromatic N) is 1. The minimum atomic E-state index is -2.35. The third-order valence-corrected chi connectivity index (χ3v) is 9.16. The lowest BCUT2D eigenvalue weighted by molar-refractivity contribution is 0.867. The highest BCUT2D eigenvalue weighted by atomic mass is 31.2. The average molecular weight is 453 g/mol. The van der Waals surface area contributed by atoms with Gasteiger partial charge in [-0.3, -0.25) is 0 Å². The van der Waals surface area contributed by atoms with Crippen LogP contribution in [-0.4, -0.2) is 0 Å². The Morgan fingerprint density at radius 1 is 0.545 bits per heavy atom. The van der Waals surface area contributed by atoms with Crippen molar-refractivity contribution in [3.8, 4) is 0 Å². The number of hydrogen-bond donors (Lipinski definition) is 1. The summed E-state index contributed by atoms with van der Waals surface area (Å²) >= 11 is 0. The van der Waals surface area contributed by atoms with E-state index in [0.717, 1.165) is 11.4 Å². The van der Waals surface area contributed by atoms with Crippen LogP contribution in [0.15, 0.2) is 114 Å². The standard InChI is InChI=1S/C30H33N2P/c1-23(2)25-15-19-27(20-16-25)31-33(29-11-7-5-8-12-29,30-13-9-6-10-14-30)32-28-21-17-26(18-22-28)24(3)4/h5-24,31H,1-4H3. The van der Waals surface area contributed by atoms with Gasteiger partial charge >= 0.3 is 0 Å². The minimum absolute atomic E-state index is 0.499. The van der Waals surface area contributed by atoms with Crippen LogP contribution in [0.3, 0.4) is 0 Å². The van der Waals surface area contributed by atoms with Crippen LogP contribution >= 0.6 is 7.21 Å². The number of hydrogen-bond acceptors (Lipinski definition) is 1. The lowest BCUT2D eigenvalue weighted by Crippen LogP contribution is -2.22. The Hall–Kier alpha value is -3.09. The Labute approximate surface area is 198 Å². The van der Waals surface area contributed by atoms with Crippen LogP contribution in [0.5, 0.6) is 0 Å². The van der Waals surface area contributed by atoms with Gasteiger partial charge in [0.15, 0.2) is 0 Å². The van der Waals surface area contributed by atoms with Gasteiger partial charge in [0.25, 0.3) is 0 Å². The number of rotatable bonds is 7. The highest BCUT2D eigenvalue weighted by Crippen LogP contribution is 2.50. The third kappa shape index (κ3) is 5.29. The average Bonchev–Trinajstić information content (AvgIpc) is 2.85.